The van der Waals surface area contributed by atoms with Gasteiger partial charge in [0.1, 0.15) is 0 Å². The molecule has 1 unspecified atom stereocenters. The van der Waals surface area contributed by atoms with Gasteiger partial charge in [-0.3, -0.25) is 4.99 Å². The summed E-state index contributed by atoms with van der Waals surface area (Å²) in [4.78, 5) is 6.57. The summed E-state index contributed by atoms with van der Waals surface area (Å²) in [6.45, 7) is 4.98. The van der Waals surface area contributed by atoms with Crippen molar-refractivity contribution in [1.29, 1.82) is 0 Å². The van der Waals surface area contributed by atoms with E-state index in [0.29, 0.717) is 0 Å². The monoisotopic (exact) mass is 339 g/mol. The Morgan fingerprint density at radius 3 is 2.69 bits per heavy atom. The van der Waals surface area contributed by atoms with E-state index in [4.69, 9.17) is 4.74 Å². The van der Waals surface area contributed by atoms with Crippen LogP contribution in [0.4, 0.5) is 0 Å². The van der Waals surface area contributed by atoms with Crippen LogP contribution in [0.25, 0.3) is 0 Å². The van der Waals surface area contributed by atoms with E-state index in [1.165, 1.54) is 12.8 Å². The van der Waals surface area contributed by atoms with Crippen molar-refractivity contribution in [3.8, 4) is 0 Å². The Bertz CT molecular complexity index is 268. The molecule has 1 heterocycles. The summed E-state index contributed by atoms with van der Waals surface area (Å²) in [5.74, 6) is 1.74. The largest absolute Gasteiger partial charge is 0.376 e. The van der Waals surface area contributed by atoms with Crippen LogP contribution in [0.3, 0.4) is 0 Å². The molecule has 4 nitrogen and oxygen atoms in total. The second-order valence-corrected chi connectivity index (χ2v) is 4.77. The number of methoxy groups -OCH3 is 1. The third-order valence-corrected chi connectivity index (χ3v) is 3.56. The van der Waals surface area contributed by atoms with E-state index >= 15 is 0 Å². The average molecular weight is 339 g/mol. The molecule has 0 aromatic carbocycles. The quantitative estimate of drug-likeness (QED) is 0.785. The second kappa shape index (κ2) is 5.53. The van der Waals surface area contributed by atoms with Gasteiger partial charge < -0.3 is 15.0 Å². The van der Waals surface area contributed by atoms with Crippen molar-refractivity contribution in [2.24, 2.45) is 10.9 Å². The number of nitrogens with one attached hydrogen (secondary N) is 1. The van der Waals surface area contributed by atoms with Gasteiger partial charge in [-0.25, -0.2) is 0 Å². The molecule has 2 rings (SSSR count). The average Bonchev–Trinajstić information content (AvgIpc) is 3.01. The minimum absolute atomic E-state index is 0. The molecule has 2 aliphatic rings. The maximum Gasteiger partial charge on any atom is 0.193 e. The molecule has 0 spiro atoms. The lowest BCUT2D eigenvalue weighted by Crippen LogP contribution is -2.47. The maximum absolute atomic E-state index is 5.62. The number of nitrogens with zero attached hydrogens (tertiary/aromatic N) is 2. The highest BCUT2D eigenvalue weighted by Gasteiger charge is 2.41. The molecule has 16 heavy (non-hydrogen) atoms. The Morgan fingerprint density at radius 2 is 2.25 bits per heavy atom. The Hall–Kier alpha value is -0.0400. The van der Waals surface area contributed by atoms with Crippen LogP contribution in [0.5, 0.6) is 0 Å². The maximum atomic E-state index is 5.62. The van der Waals surface area contributed by atoms with Gasteiger partial charge >= 0.3 is 0 Å². The van der Waals surface area contributed by atoms with Crippen LogP contribution >= 0.6 is 24.0 Å². The minimum Gasteiger partial charge on any atom is -0.376 e. The summed E-state index contributed by atoms with van der Waals surface area (Å²) >= 11 is 0. The predicted molar refractivity (Wildman–Crippen MR) is 76.5 cm³/mol. The fourth-order valence-electron chi connectivity index (χ4n) is 2.06. The zero-order valence-electron chi connectivity index (χ0n) is 10.3. The Kier molecular flexibility index (Phi) is 4.85. The van der Waals surface area contributed by atoms with Crippen molar-refractivity contribution in [2.45, 2.75) is 25.4 Å². The molecule has 0 aromatic rings. The van der Waals surface area contributed by atoms with E-state index in [-0.39, 0.29) is 29.6 Å². The third kappa shape index (κ3) is 3.00. The van der Waals surface area contributed by atoms with Gasteiger partial charge in [-0.05, 0) is 25.7 Å². The van der Waals surface area contributed by atoms with E-state index in [1.807, 2.05) is 0 Å². The highest BCUT2D eigenvalue weighted by molar-refractivity contribution is 14.0. The molecule has 1 saturated carbocycles. The smallest absolute Gasteiger partial charge is 0.193 e. The SMILES string of the molecule is COC(C)(CNC1=NCCN1C)C1CC1.I. The molecule has 0 radical (unpaired) electrons. The summed E-state index contributed by atoms with van der Waals surface area (Å²) in [5.41, 5.74) is -0.0219. The molecule has 1 atom stereocenters. The molecule has 1 N–H and O–H groups in total. The number of hydrogen-bond donors (Lipinski definition) is 1. The minimum atomic E-state index is -0.0219. The molecule has 0 amide bonds. The van der Waals surface area contributed by atoms with Crippen LogP contribution in [-0.2, 0) is 4.74 Å². The number of halogens is 1. The summed E-state index contributed by atoms with van der Waals surface area (Å²) in [5, 5.41) is 3.40. The molecule has 1 fully saturated rings. The molecule has 0 bridgehead atoms. The third-order valence-electron chi connectivity index (χ3n) is 3.56. The van der Waals surface area contributed by atoms with Gasteiger partial charge in [0.25, 0.3) is 0 Å². The first-order valence-electron chi connectivity index (χ1n) is 5.70. The van der Waals surface area contributed by atoms with Crippen molar-refractivity contribution in [1.82, 2.24) is 10.2 Å². The van der Waals surface area contributed by atoms with Gasteiger partial charge in [0.05, 0.1) is 12.1 Å². The van der Waals surface area contributed by atoms with Gasteiger partial charge in [0.2, 0.25) is 0 Å². The molecular formula is C11H22IN3O. The van der Waals surface area contributed by atoms with Crippen molar-refractivity contribution in [3.05, 3.63) is 0 Å². The van der Waals surface area contributed by atoms with Gasteiger partial charge in [-0.15, -0.1) is 24.0 Å². The van der Waals surface area contributed by atoms with Crippen LogP contribution in [-0.4, -0.2) is 50.3 Å². The standard InChI is InChI=1S/C11H21N3O.HI/c1-11(15-3,9-4-5-9)8-13-10-12-6-7-14(10)2;/h9H,4-8H2,1-3H3,(H,12,13);1H. The zero-order valence-corrected chi connectivity index (χ0v) is 12.7. The molecule has 94 valence electrons. The van der Waals surface area contributed by atoms with E-state index < -0.39 is 0 Å². The zero-order chi connectivity index (χ0) is 10.9. The van der Waals surface area contributed by atoms with Crippen molar-refractivity contribution < 1.29 is 4.74 Å². The van der Waals surface area contributed by atoms with Crippen LogP contribution in [0, 0.1) is 5.92 Å². The number of ether oxygens (including phenoxy) is 1. The van der Waals surface area contributed by atoms with E-state index in [0.717, 1.165) is 31.5 Å². The molecule has 1 aliphatic heterocycles. The summed E-state index contributed by atoms with van der Waals surface area (Å²) in [6, 6.07) is 0. The summed E-state index contributed by atoms with van der Waals surface area (Å²) < 4.78 is 5.62. The number of rotatable bonds is 4. The Balaban J connectivity index is 0.00000128. The number of hydrogen-bond acceptors (Lipinski definition) is 4. The number of aliphatic imine (C=N–C) groups is 1. The van der Waals surface area contributed by atoms with E-state index in [2.05, 4.69) is 29.2 Å². The van der Waals surface area contributed by atoms with Gasteiger partial charge in [0, 0.05) is 27.2 Å². The first kappa shape index (κ1) is 14.0. The number of guanidine groups is 1. The van der Waals surface area contributed by atoms with Crippen LogP contribution in [0.1, 0.15) is 19.8 Å². The van der Waals surface area contributed by atoms with Crippen LogP contribution in [0.15, 0.2) is 4.99 Å². The molecule has 0 saturated heterocycles. The van der Waals surface area contributed by atoms with Crippen molar-refractivity contribution in [3.63, 3.8) is 0 Å². The molecule has 5 heteroatoms. The molecular weight excluding hydrogens is 317 g/mol. The van der Waals surface area contributed by atoms with E-state index in [1.54, 1.807) is 7.11 Å². The second-order valence-electron chi connectivity index (χ2n) is 4.77. The fraction of sp³-hybridized carbons (Fsp3) is 0.909. The Labute approximate surface area is 115 Å². The topological polar surface area (TPSA) is 36.9 Å². The highest BCUT2D eigenvalue weighted by Crippen LogP contribution is 2.41. The first-order chi connectivity index (χ1) is 7.15. The lowest BCUT2D eigenvalue weighted by molar-refractivity contribution is -0.00903. The molecule has 1 aliphatic carbocycles. The fourth-order valence-corrected chi connectivity index (χ4v) is 2.06. The van der Waals surface area contributed by atoms with Crippen molar-refractivity contribution >= 4 is 29.9 Å². The van der Waals surface area contributed by atoms with Gasteiger partial charge in [0.15, 0.2) is 5.96 Å². The summed E-state index contributed by atoms with van der Waals surface area (Å²) in [7, 11) is 3.88. The highest BCUT2D eigenvalue weighted by atomic mass is 127. The Morgan fingerprint density at radius 1 is 1.56 bits per heavy atom. The lowest BCUT2D eigenvalue weighted by atomic mass is 10.0. The van der Waals surface area contributed by atoms with Crippen LogP contribution < -0.4 is 5.32 Å². The van der Waals surface area contributed by atoms with Crippen molar-refractivity contribution in [2.75, 3.05) is 33.8 Å². The van der Waals surface area contributed by atoms with Gasteiger partial charge in [-0.2, -0.15) is 0 Å². The van der Waals surface area contributed by atoms with E-state index in [9.17, 15) is 0 Å². The first-order valence-corrected chi connectivity index (χ1v) is 5.70. The normalized spacial score (nSPS) is 23.4. The van der Waals surface area contributed by atoms with Crippen LogP contribution in [0.2, 0.25) is 0 Å². The predicted octanol–water partition coefficient (Wildman–Crippen LogP) is 1.31. The molecule has 0 aromatic heterocycles. The summed E-state index contributed by atoms with van der Waals surface area (Å²) in [6.07, 6.45) is 2.60. The number of likely N-dealkylation sites (N-methyl/N-ethyl adjacent to an activating group) is 1. The lowest BCUT2D eigenvalue weighted by Gasteiger charge is -2.29. The van der Waals surface area contributed by atoms with Gasteiger partial charge in [-0.1, -0.05) is 0 Å².